The number of thiophene rings is 1. The number of nitrogens with one attached hydrogen (secondary N) is 1. The number of pyridine rings is 1. The Balaban J connectivity index is 2.11. The fourth-order valence-electron chi connectivity index (χ4n) is 1.34. The van der Waals surface area contributed by atoms with E-state index in [4.69, 9.17) is 4.74 Å². The predicted octanol–water partition coefficient (Wildman–Crippen LogP) is 3.64. The van der Waals surface area contributed by atoms with Crippen LogP contribution >= 0.6 is 11.3 Å². The average Bonchev–Trinajstić information content (AvgIpc) is 2.55. The van der Waals surface area contributed by atoms with Gasteiger partial charge in [-0.15, -0.1) is 11.3 Å². The summed E-state index contributed by atoms with van der Waals surface area (Å²) < 4.78 is 6.21. The van der Waals surface area contributed by atoms with Crippen molar-refractivity contribution in [1.82, 2.24) is 4.98 Å². The SMILES string of the molecule is CC(C)(C)OC(=O)Nc1cc2ncccc2s1. The minimum Gasteiger partial charge on any atom is -0.444 e. The van der Waals surface area contributed by atoms with Gasteiger partial charge in [0.05, 0.1) is 10.2 Å². The van der Waals surface area contributed by atoms with Crippen LogP contribution in [0, 0.1) is 0 Å². The second-order valence-electron chi connectivity index (χ2n) is 4.62. The number of anilines is 1. The molecule has 0 saturated heterocycles. The van der Waals surface area contributed by atoms with Crippen LogP contribution in [0.4, 0.5) is 9.80 Å². The van der Waals surface area contributed by atoms with E-state index in [1.54, 1.807) is 6.20 Å². The Morgan fingerprint density at radius 2 is 2.24 bits per heavy atom. The van der Waals surface area contributed by atoms with E-state index < -0.39 is 11.7 Å². The van der Waals surface area contributed by atoms with Gasteiger partial charge in [0.2, 0.25) is 0 Å². The molecule has 0 bridgehead atoms. The van der Waals surface area contributed by atoms with Crippen molar-refractivity contribution in [2.24, 2.45) is 0 Å². The Labute approximate surface area is 104 Å². The first-order valence-corrected chi connectivity index (χ1v) is 6.10. The Morgan fingerprint density at radius 3 is 2.88 bits per heavy atom. The third-order valence-electron chi connectivity index (χ3n) is 1.91. The molecule has 5 heteroatoms. The molecular weight excluding hydrogens is 236 g/mol. The standard InChI is InChI=1S/C12H14N2O2S/c1-12(2,3)16-11(15)14-10-7-8-9(17-10)5-4-6-13-8/h4-7H,1-3H3,(H,14,15). The molecule has 0 aliphatic heterocycles. The normalized spacial score (nSPS) is 11.5. The lowest BCUT2D eigenvalue weighted by Gasteiger charge is -2.19. The van der Waals surface area contributed by atoms with Crippen LogP contribution < -0.4 is 5.32 Å². The molecule has 0 aliphatic carbocycles. The number of aromatic nitrogens is 1. The molecule has 2 aromatic heterocycles. The summed E-state index contributed by atoms with van der Waals surface area (Å²) in [6.07, 6.45) is 1.29. The highest BCUT2D eigenvalue weighted by Gasteiger charge is 2.16. The minimum atomic E-state index is -0.487. The van der Waals surface area contributed by atoms with Gasteiger partial charge in [-0.2, -0.15) is 0 Å². The Bertz CT molecular complexity index is 510. The summed E-state index contributed by atoms with van der Waals surface area (Å²) in [5.41, 5.74) is 0.391. The molecule has 0 unspecified atom stereocenters. The van der Waals surface area contributed by atoms with Gasteiger partial charge in [-0.1, -0.05) is 0 Å². The molecule has 0 saturated carbocycles. The molecule has 0 fully saturated rings. The molecule has 2 aromatic rings. The zero-order chi connectivity index (χ0) is 12.5. The van der Waals surface area contributed by atoms with E-state index in [1.807, 2.05) is 39.0 Å². The third-order valence-corrected chi connectivity index (χ3v) is 2.92. The monoisotopic (exact) mass is 250 g/mol. The van der Waals surface area contributed by atoms with Crippen molar-refractivity contribution < 1.29 is 9.53 Å². The van der Waals surface area contributed by atoms with Crippen molar-refractivity contribution in [3.05, 3.63) is 24.4 Å². The van der Waals surface area contributed by atoms with E-state index >= 15 is 0 Å². The zero-order valence-electron chi connectivity index (χ0n) is 9.98. The van der Waals surface area contributed by atoms with Crippen LogP contribution in [0.25, 0.3) is 10.2 Å². The molecule has 2 heterocycles. The van der Waals surface area contributed by atoms with Crippen LogP contribution in [-0.4, -0.2) is 16.7 Å². The number of amides is 1. The quantitative estimate of drug-likeness (QED) is 0.840. The van der Waals surface area contributed by atoms with E-state index in [-0.39, 0.29) is 0 Å². The van der Waals surface area contributed by atoms with Crippen molar-refractivity contribution in [2.45, 2.75) is 26.4 Å². The highest BCUT2D eigenvalue weighted by molar-refractivity contribution is 7.22. The molecule has 17 heavy (non-hydrogen) atoms. The fraction of sp³-hybridized carbons (Fsp3) is 0.333. The number of carbonyl (C=O) groups is 1. The van der Waals surface area contributed by atoms with Gasteiger partial charge in [0.1, 0.15) is 10.6 Å². The van der Waals surface area contributed by atoms with Crippen molar-refractivity contribution in [3.63, 3.8) is 0 Å². The van der Waals surface area contributed by atoms with Gasteiger partial charge in [-0.25, -0.2) is 4.79 Å². The summed E-state index contributed by atoms with van der Waals surface area (Å²) in [6, 6.07) is 5.67. The molecule has 90 valence electrons. The maximum Gasteiger partial charge on any atom is 0.412 e. The molecule has 2 rings (SSSR count). The summed E-state index contributed by atoms with van der Waals surface area (Å²) in [6.45, 7) is 5.50. The van der Waals surface area contributed by atoms with Crippen LogP contribution in [-0.2, 0) is 4.74 Å². The predicted molar refractivity (Wildman–Crippen MR) is 69.5 cm³/mol. The first-order valence-electron chi connectivity index (χ1n) is 5.29. The lowest BCUT2D eigenvalue weighted by atomic mass is 10.2. The molecule has 0 radical (unpaired) electrons. The van der Waals surface area contributed by atoms with Gasteiger partial charge in [-0.05, 0) is 39.0 Å². The van der Waals surface area contributed by atoms with Crippen molar-refractivity contribution >= 4 is 32.6 Å². The van der Waals surface area contributed by atoms with Gasteiger partial charge in [-0.3, -0.25) is 10.3 Å². The van der Waals surface area contributed by atoms with Crippen molar-refractivity contribution in [1.29, 1.82) is 0 Å². The Hall–Kier alpha value is -1.62. The molecule has 1 N–H and O–H groups in total. The highest BCUT2D eigenvalue weighted by atomic mass is 32.1. The third kappa shape index (κ3) is 3.17. The summed E-state index contributed by atoms with van der Waals surface area (Å²) in [5.74, 6) is 0. The largest absolute Gasteiger partial charge is 0.444 e. The number of fused-ring (bicyclic) bond motifs is 1. The van der Waals surface area contributed by atoms with E-state index in [2.05, 4.69) is 10.3 Å². The van der Waals surface area contributed by atoms with Crippen LogP contribution in [0.5, 0.6) is 0 Å². The molecule has 1 amide bonds. The minimum absolute atomic E-state index is 0.441. The Kier molecular flexibility index (Phi) is 3.02. The molecule has 0 atom stereocenters. The topological polar surface area (TPSA) is 51.2 Å². The Morgan fingerprint density at radius 1 is 1.47 bits per heavy atom. The fourth-order valence-corrected chi connectivity index (χ4v) is 2.24. The summed E-state index contributed by atoms with van der Waals surface area (Å²) in [7, 11) is 0. The summed E-state index contributed by atoms with van der Waals surface area (Å²) in [5, 5.41) is 3.45. The number of hydrogen-bond donors (Lipinski definition) is 1. The first kappa shape index (κ1) is 11.9. The van der Waals surface area contributed by atoms with Gasteiger partial charge < -0.3 is 4.74 Å². The van der Waals surface area contributed by atoms with E-state index in [1.165, 1.54) is 11.3 Å². The number of nitrogens with zero attached hydrogens (tertiary/aromatic N) is 1. The number of hydrogen-bond acceptors (Lipinski definition) is 4. The molecule has 0 aromatic carbocycles. The highest BCUT2D eigenvalue weighted by Crippen LogP contribution is 2.28. The lowest BCUT2D eigenvalue weighted by molar-refractivity contribution is 0.0636. The smallest absolute Gasteiger partial charge is 0.412 e. The van der Waals surface area contributed by atoms with Crippen LogP contribution in [0.2, 0.25) is 0 Å². The maximum atomic E-state index is 11.6. The van der Waals surface area contributed by atoms with E-state index in [0.29, 0.717) is 0 Å². The number of ether oxygens (including phenoxy) is 1. The maximum absolute atomic E-state index is 11.6. The second kappa shape index (κ2) is 4.33. The number of carbonyl (C=O) groups excluding carboxylic acids is 1. The first-order chi connectivity index (χ1) is 7.94. The van der Waals surface area contributed by atoms with E-state index in [9.17, 15) is 4.79 Å². The van der Waals surface area contributed by atoms with E-state index in [0.717, 1.165) is 15.2 Å². The van der Waals surface area contributed by atoms with Crippen LogP contribution in [0.1, 0.15) is 20.8 Å². The second-order valence-corrected chi connectivity index (χ2v) is 5.71. The van der Waals surface area contributed by atoms with Gasteiger partial charge in [0, 0.05) is 6.20 Å². The van der Waals surface area contributed by atoms with Gasteiger partial charge >= 0.3 is 6.09 Å². The van der Waals surface area contributed by atoms with Gasteiger partial charge in [0.15, 0.2) is 0 Å². The molecular formula is C12H14N2O2S. The van der Waals surface area contributed by atoms with Crippen molar-refractivity contribution in [2.75, 3.05) is 5.32 Å². The molecule has 4 nitrogen and oxygen atoms in total. The summed E-state index contributed by atoms with van der Waals surface area (Å²) in [4.78, 5) is 15.8. The zero-order valence-corrected chi connectivity index (χ0v) is 10.8. The van der Waals surface area contributed by atoms with Gasteiger partial charge in [0.25, 0.3) is 0 Å². The number of rotatable bonds is 1. The average molecular weight is 250 g/mol. The summed E-state index contributed by atoms with van der Waals surface area (Å²) >= 11 is 1.48. The lowest BCUT2D eigenvalue weighted by Crippen LogP contribution is -2.26. The molecule has 0 aliphatic rings. The van der Waals surface area contributed by atoms with Crippen LogP contribution in [0.15, 0.2) is 24.4 Å². The van der Waals surface area contributed by atoms with Crippen molar-refractivity contribution in [3.8, 4) is 0 Å². The van der Waals surface area contributed by atoms with Crippen LogP contribution in [0.3, 0.4) is 0 Å². The molecule has 0 spiro atoms.